The molecule has 2 N–H and O–H groups in total. The number of fused-ring (bicyclic) bond motifs is 1. The zero-order valence-corrected chi connectivity index (χ0v) is 22.6. The number of likely N-dealkylation sites (tertiary alicyclic amines) is 1. The fourth-order valence-electron chi connectivity index (χ4n) is 5.82. The van der Waals surface area contributed by atoms with Gasteiger partial charge in [0.1, 0.15) is 17.8 Å². The van der Waals surface area contributed by atoms with E-state index >= 15 is 0 Å². The van der Waals surface area contributed by atoms with E-state index in [1.807, 2.05) is 30.8 Å². The average molecular weight is 527 g/mol. The van der Waals surface area contributed by atoms with Crippen LogP contribution in [0.15, 0.2) is 24.4 Å². The topological polar surface area (TPSA) is 99.8 Å². The first-order valence-corrected chi connectivity index (χ1v) is 13.6. The number of aryl methyl sites for hydroxylation is 2. The van der Waals surface area contributed by atoms with E-state index in [1.54, 1.807) is 0 Å². The van der Waals surface area contributed by atoms with Crippen LogP contribution < -0.4 is 4.90 Å². The Bertz CT molecular complexity index is 1240. The van der Waals surface area contributed by atoms with Crippen LogP contribution in [-0.2, 0) is 4.74 Å². The number of alkyl halides is 1. The van der Waals surface area contributed by atoms with Crippen LogP contribution in [0.5, 0.6) is 0 Å². The summed E-state index contributed by atoms with van der Waals surface area (Å²) in [7, 11) is 0. The van der Waals surface area contributed by atoms with Crippen molar-refractivity contribution in [3.8, 4) is 5.82 Å². The quantitative estimate of drug-likeness (QED) is 0.485. The van der Waals surface area contributed by atoms with Crippen LogP contribution in [0.1, 0.15) is 42.6 Å². The molecule has 0 spiro atoms. The van der Waals surface area contributed by atoms with Gasteiger partial charge in [0.25, 0.3) is 0 Å². The highest BCUT2D eigenvalue weighted by Gasteiger charge is 2.27. The second-order valence-corrected chi connectivity index (χ2v) is 10.8. The Hall–Kier alpha value is -2.66. The van der Waals surface area contributed by atoms with Crippen LogP contribution >= 0.6 is 0 Å². The molecule has 9 nitrogen and oxygen atoms in total. The predicted octanol–water partition coefficient (Wildman–Crippen LogP) is 2.78. The minimum absolute atomic E-state index is 0.0101. The molecule has 2 aromatic heterocycles. The van der Waals surface area contributed by atoms with E-state index in [-0.39, 0.29) is 18.6 Å². The van der Waals surface area contributed by atoms with Crippen molar-refractivity contribution < 1.29 is 19.3 Å². The van der Waals surface area contributed by atoms with Crippen LogP contribution in [-0.4, -0.2) is 99.7 Å². The second-order valence-electron chi connectivity index (χ2n) is 10.8. The number of benzene rings is 1. The molecule has 4 heterocycles. The number of aliphatic hydroxyl groups excluding tert-OH is 2. The molecule has 0 amide bonds. The highest BCUT2D eigenvalue weighted by atomic mass is 19.1. The Labute approximate surface area is 223 Å². The van der Waals surface area contributed by atoms with Gasteiger partial charge in [-0.1, -0.05) is 0 Å². The Morgan fingerprint density at radius 3 is 2.58 bits per heavy atom. The summed E-state index contributed by atoms with van der Waals surface area (Å²) in [6, 6.07) is 6.40. The van der Waals surface area contributed by atoms with Gasteiger partial charge < -0.3 is 24.7 Å². The summed E-state index contributed by atoms with van der Waals surface area (Å²) >= 11 is 0. The minimum Gasteiger partial charge on any atom is -0.396 e. The first-order valence-electron chi connectivity index (χ1n) is 13.6. The standard InChI is InChI=1S/C28H39FN6O3/c1-18-10-22-13-30-35(26(22)11-25(18)21-4-6-33(7-5-21)15-24(29)17-37)28-12-27(31-20(3)32-28)34-8-9-38-19(2)23(14-34)16-36/h10-13,19,21,23-24,36-37H,4-9,14-17H2,1-3H3/t19?,23-,24?/m0/s1. The maximum Gasteiger partial charge on any atom is 0.159 e. The van der Waals surface area contributed by atoms with Gasteiger partial charge in [-0.25, -0.2) is 19.0 Å². The number of aromatic nitrogens is 4. The van der Waals surface area contributed by atoms with Gasteiger partial charge in [-0.3, -0.25) is 0 Å². The summed E-state index contributed by atoms with van der Waals surface area (Å²) in [5, 5.41) is 24.7. The largest absolute Gasteiger partial charge is 0.396 e. The molecule has 0 aliphatic carbocycles. The number of halogens is 1. The van der Waals surface area contributed by atoms with Gasteiger partial charge >= 0.3 is 0 Å². The van der Waals surface area contributed by atoms with Crippen LogP contribution in [0.2, 0.25) is 0 Å². The molecule has 5 rings (SSSR count). The Morgan fingerprint density at radius 1 is 1.08 bits per heavy atom. The third-order valence-electron chi connectivity index (χ3n) is 8.08. The monoisotopic (exact) mass is 526 g/mol. The minimum atomic E-state index is -1.18. The van der Waals surface area contributed by atoms with E-state index in [0.29, 0.717) is 43.8 Å². The van der Waals surface area contributed by atoms with Crippen LogP contribution in [0.3, 0.4) is 0 Å². The molecule has 2 aliphatic rings. The summed E-state index contributed by atoms with van der Waals surface area (Å²) in [5.74, 6) is 2.58. The lowest BCUT2D eigenvalue weighted by atomic mass is 9.86. The molecule has 2 fully saturated rings. The van der Waals surface area contributed by atoms with Crippen molar-refractivity contribution in [1.82, 2.24) is 24.6 Å². The summed E-state index contributed by atoms with van der Waals surface area (Å²) in [4.78, 5) is 13.7. The van der Waals surface area contributed by atoms with E-state index in [1.165, 1.54) is 11.1 Å². The molecule has 38 heavy (non-hydrogen) atoms. The highest BCUT2D eigenvalue weighted by molar-refractivity contribution is 5.82. The third kappa shape index (κ3) is 5.68. The number of hydrogen-bond donors (Lipinski definition) is 2. The fraction of sp³-hybridized carbons (Fsp3) is 0.607. The van der Waals surface area contributed by atoms with Crippen molar-refractivity contribution in [2.45, 2.75) is 51.8 Å². The summed E-state index contributed by atoms with van der Waals surface area (Å²) in [5.41, 5.74) is 3.54. The normalized spacial score (nSPS) is 22.6. The van der Waals surface area contributed by atoms with Crippen molar-refractivity contribution in [2.24, 2.45) is 5.92 Å². The first kappa shape index (κ1) is 26.9. The number of piperidine rings is 1. The fourth-order valence-corrected chi connectivity index (χ4v) is 5.82. The van der Waals surface area contributed by atoms with Crippen molar-refractivity contribution in [3.05, 3.63) is 41.3 Å². The molecular formula is C28H39FN6O3. The lowest BCUT2D eigenvalue weighted by molar-refractivity contribution is 0.0256. The van der Waals surface area contributed by atoms with E-state index < -0.39 is 12.8 Å². The third-order valence-corrected chi connectivity index (χ3v) is 8.08. The van der Waals surface area contributed by atoms with E-state index in [0.717, 1.165) is 42.7 Å². The summed E-state index contributed by atoms with van der Waals surface area (Å²) in [6.45, 7) is 9.57. The first-order chi connectivity index (χ1) is 18.4. The lowest BCUT2D eigenvalue weighted by Gasteiger charge is -2.33. The maximum absolute atomic E-state index is 13.7. The van der Waals surface area contributed by atoms with Crippen molar-refractivity contribution >= 4 is 16.7 Å². The van der Waals surface area contributed by atoms with Gasteiger partial charge in [-0.05, 0) is 75.9 Å². The molecule has 206 valence electrons. The predicted molar refractivity (Wildman–Crippen MR) is 145 cm³/mol. The van der Waals surface area contributed by atoms with Crippen molar-refractivity contribution in [2.75, 3.05) is 57.4 Å². The van der Waals surface area contributed by atoms with Gasteiger partial charge in [0, 0.05) is 37.0 Å². The number of rotatable bonds is 7. The highest BCUT2D eigenvalue weighted by Crippen LogP contribution is 2.34. The Morgan fingerprint density at radius 2 is 1.84 bits per heavy atom. The van der Waals surface area contributed by atoms with Crippen LogP contribution in [0.25, 0.3) is 16.7 Å². The molecule has 3 atom stereocenters. The summed E-state index contributed by atoms with van der Waals surface area (Å²) < 4.78 is 21.4. The molecule has 3 aromatic rings. The molecule has 0 saturated carbocycles. The average Bonchev–Trinajstić information content (AvgIpc) is 3.22. The molecule has 0 radical (unpaired) electrons. The van der Waals surface area contributed by atoms with E-state index in [4.69, 9.17) is 24.9 Å². The second kappa shape index (κ2) is 11.6. The van der Waals surface area contributed by atoms with Crippen LogP contribution in [0, 0.1) is 19.8 Å². The molecule has 2 saturated heterocycles. The zero-order valence-electron chi connectivity index (χ0n) is 22.6. The Balaban J connectivity index is 1.42. The molecule has 2 unspecified atom stereocenters. The van der Waals surface area contributed by atoms with Gasteiger partial charge in [-0.2, -0.15) is 5.10 Å². The number of aliphatic hydroxyl groups is 2. The molecule has 10 heteroatoms. The summed E-state index contributed by atoms with van der Waals surface area (Å²) in [6.07, 6.45) is 2.60. The van der Waals surface area contributed by atoms with Gasteiger partial charge in [0.2, 0.25) is 0 Å². The molecular weight excluding hydrogens is 487 g/mol. The van der Waals surface area contributed by atoms with Crippen LogP contribution in [0.4, 0.5) is 10.2 Å². The van der Waals surface area contributed by atoms with Gasteiger partial charge in [0.05, 0.1) is 37.6 Å². The SMILES string of the molecule is Cc1nc(N2CCOC(C)[C@H](CO)C2)cc(-n2ncc3cc(C)c(C4CCN(CC(F)CO)CC4)cc32)n1. The molecule has 1 aromatic carbocycles. The molecule has 2 aliphatic heterocycles. The maximum atomic E-state index is 13.7. The Kier molecular flexibility index (Phi) is 8.23. The van der Waals surface area contributed by atoms with Gasteiger partial charge in [-0.15, -0.1) is 0 Å². The number of anilines is 1. The van der Waals surface area contributed by atoms with E-state index in [9.17, 15) is 9.50 Å². The van der Waals surface area contributed by atoms with E-state index in [2.05, 4.69) is 28.9 Å². The van der Waals surface area contributed by atoms with Crippen molar-refractivity contribution in [3.63, 3.8) is 0 Å². The number of ether oxygens (including phenoxy) is 1. The molecule has 0 bridgehead atoms. The number of nitrogens with zero attached hydrogens (tertiary/aromatic N) is 6. The smallest absolute Gasteiger partial charge is 0.159 e. The lowest BCUT2D eigenvalue weighted by Crippen LogP contribution is -2.38. The van der Waals surface area contributed by atoms with Crippen molar-refractivity contribution in [1.29, 1.82) is 0 Å². The van der Waals surface area contributed by atoms with Gasteiger partial charge in [0.15, 0.2) is 5.82 Å². The number of hydrogen-bond acceptors (Lipinski definition) is 8. The zero-order chi connectivity index (χ0) is 26.8.